The Morgan fingerprint density at radius 1 is 1.20 bits per heavy atom. The summed E-state index contributed by atoms with van der Waals surface area (Å²) in [6.45, 7) is 7.05. The highest BCUT2D eigenvalue weighted by molar-refractivity contribution is 6.42. The molecular weight excluding hydrogens is 365 g/mol. The molecule has 1 atom stereocenters. The van der Waals surface area contributed by atoms with Crippen LogP contribution in [0.5, 0.6) is 5.75 Å². The molecule has 25 heavy (non-hydrogen) atoms. The van der Waals surface area contributed by atoms with Gasteiger partial charge < -0.3 is 14.5 Å². The van der Waals surface area contributed by atoms with Gasteiger partial charge >= 0.3 is 5.97 Å². The van der Waals surface area contributed by atoms with E-state index >= 15 is 0 Å². The second-order valence-corrected chi connectivity index (χ2v) is 6.36. The SMILES string of the molecule is CCOC(=O)c1c(C)[nH]c(C(=O)[C@@H](C)Oc2ccc(Cl)c(Cl)c2)c1C. The van der Waals surface area contributed by atoms with Crippen molar-refractivity contribution in [3.8, 4) is 5.75 Å². The Bertz CT molecular complexity index is 814. The van der Waals surface area contributed by atoms with E-state index in [1.165, 1.54) is 0 Å². The summed E-state index contributed by atoms with van der Waals surface area (Å²) in [5.74, 6) is -0.296. The number of H-pyrrole nitrogens is 1. The van der Waals surface area contributed by atoms with Crippen LogP contribution in [0, 0.1) is 13.8 Å². The van der Waals surface area contributed by atoms with Gasteiger partial charge in [0.25, 0.3) is 0 Å². The number of rotatable bonds is 6. The Balaban J connectivity index is 2.23. The van der Waals surface area contributed by atoms with Gasteiger partial charge in [0.2, 0.25) is 5.78 Å². The molecular formula is C18H19Cl2NO4. The zero-order valence-electron chi connectivity index (χ0n) is 14.4. The molecule has 2 rings (SSSR count). The van der Waals surface area contributed by atoms with E-state index in [1.54, 1.807) is 45.9 Å². The lowest BCUT2D eigenvalue weighted by Gasteiger charge is -2.14. The van der Waals surface area contributed by atoms with Crippen molar-refractivity contribution >= 4 is 35.0 Å². The molecule has 0 unspecified atom stereocenters. The number of ether oxygens (including phenoxy) is 2. The first-order valence-corrected chi connectivity index (χ1v) is 8.54. The van der Waals surface area contributed by atoms with Crippen LogP contribution in [-0.2, 0) is 4.74 Å². The van der Waals surface area contributed by atoms with E-state index in [0.29, 0.717) is 38.3 Å². The molecule has 134 valence electrons. The zero-order chi connectivity index (χ0) is 18.7. The minimum atomic E-state index is -0.774. The average Bonchev–Trinajstić information content (AvgIpc) is 2.85. The van der Waals surface area contributed by atoms with E-state index in [4.69, 9.17) is 32.7 Å². The molecule has 0 aliphatic carbocycles. The molecule has 1 aromatic carbocycles. The standard InChI is InChI=1S/C18H19Cl2NO4/c1-5-24-18(23)15-9(2)16(21-10(15)3)17(22)11(4)25-12-6-7-13(19)14(20)8-12/h6-8,11,21H,5H2,1-4H3/t11-/m1/s1. The molecule has 0 amide bonds. The lowest BCUT2D eigenvalue weighted by Crippen LogP contribution is -2.25. The van der Waals surface area contributed by atoms with Crippen molar-refractivity contribution in [2.24, 2.45) is 0 Å². The van der Waals surface area contributed by atoms with Gasteiger partial charge in [0.15, 0.2) is 6.10 Å². The van der Waals surface area contributed by atoms with E-state index in [-0.39, 0.29) is 12.4 Å². The van der Waals surface area contributed by atoms with Crippen molar-refractivity contribution in [1.29, 1.82) is 0 Å². The smallest absolute Gasteiger partial charge is 0.340 e. The van der Waals surface area contributed by atoms with Crippen LogP contribution in [0.3, 0.4) is 0 Å². The number of aryl methyl sites for hydroxylation is 1. The summed E-state index contributed by atoms with van der Waals surface area (Å²) < 4.78 is 10.7. The molecule has 1 N–H and O–H groups in total. The summed E-state index contributed by atoms with van der Waals surface area (Å²) in [7, 11) is 0. The van der Waals surface area contributed by atoms with E-state index in [0.717, 1.165) is 0 Å². The summed E-state index contributed by atoms with van der Waals surface area (Å²) in [5, 5.41) is 0.748. The van der Waals surface area contributed by atoms with Crippen molar-refractivity contribution in [3.05, 3.63) is 50.8 Å². The van der Waals surface area contributed by atoms with Crippen LogP contribution >= 0.6 is 23.2 Å². The largest absolute Gasteiger partial charge is 0.482 e. The first-order chi connectivity index (χ1) is 11.8. The van der Waals surface area contributed by atoms with E-state index in [2.05, 4.69) is 4.98 Å². The van der Waals surface area contributed by atoms with Crippen molar-refractivity contribution in [2.45, 2.75) is 33.8 Å². The highest BCUT2D eigenvalue weighted by Crippen LogP contribution is 2.27. The monoisotopic (exact) mass is 383 g/mol. The van der Waals surface area contributed by atoms with Gasteiger partial charge in [-0.05, 0) is 45.4 Å². The summed E-state index contributed by atoms with van der Waals surface area (Å²) >= 11 is 11.8. The van der Waals surface area contributed by atoms with Crippen LogP contribution in [0.25, 0.3) is 0 Å². The van der Waals surface area contributed by atoms with Crippen molar-refractivity contribution in [3.63, 3.8) is 0 Å². The first kappa shape index (κ1) is 19.3. The fraction of sp³-hybridized carbons (Fsp3) is 0.333. The van der Waals surface area contributed by atoms with E-state index < -0.39 is 12.1 Å². The number of ketones is 1. The molecule has 2 aromatic rings. The van der Waals surface area contributed by atoms with Gasteiger partial charge in [-0.2, -0.15) is 0 Å². The lowest BCUT2D eigenvalue weighted by atomic mass is 10.1. The van der Waals surface area contributed by atoms with E-state index in [1.807, 2.05) is 0 Å². The number of Topliss-reactive ketones (excluding diaryl/α,β-unsaturated/α-hetero) is 1. The van der Waals surface area contributed by atoms with Gasteiger partial charge in [0.05, 0.1) is 27.9 Å². The van der Waals surface area contributed by atoms with E-state index in [9.17, 15) is 9.59 Å². The molecule has 0 fully saturated rings. The van der Waals surface area contributed by atoms with Crippen LogP contribution in [0.2, 0.25) is 10.0 Å². The summed E-state index contributed by atoms with van der Waals surface area (Å²) in [6.07, 6.45) is -0.774. The molecule has 1 heterocycles. The average molecular weight is 384 g/mol. The number of aromatic nitrogens is 1. The van der Waals surface area contributed by atoms with Crippen LogP contribution in [0.15, 0.2) is 18.2 Å². The highest BCUT2D eigenvalue weighted by atomic mass is 35.5. The Morgan fingerprint density at radius 2 is 1.88 bits per heavy atom. The third-order valence-electron chi connectivity index (χ3n) is 3.74. The number of nitrogens with one attached hydrogen (secondary N) is 1. The summed E-state index contributed by atoms with van der Waals surface area (Å²) in [4.78, 5) is 27.7. The normalized spacial score (nSPS) is 11.9. The number of benzene rings is 1. The minimum Gasteiger partial charge on any atom is -0.482 e. The topological polar surface area (TPSA) is 68.4 Å². The first-order valence-electron chi connectivity index (χ1n) is 7.78. The predicted octanol–water partition coefficient (Wildman–Crippen LogP) is 4.77. The van der Waals surface area contributed by atoms with Crippen molar-refractivity contribution < 1.29 is 19.1 Å². The molecule has 0 saturated carbocycles. The number of carbonyl (C=O) groups excluding carboxylic acids is 2. The molecule has 0 saturated heterocycles. The Labute approximate surface area is 156 Å². The number of carbonyl (C=O) groups is 2. The van der Waals surface area contributed by atoms with Gasteiger partial charge in [0.1, 0.15) is 5.75 Å². The van der Waals surface area contributed by atoms with Gasteiger partial charge in [-0.25, -0.2) is 4.79 Å². The molecule has 0 radical (unpaired) electrons. The molecule has 1 aromatic heterocycles. The maximum atomic E-state index is 12.7. The third-order valence-corrected chi connectivity index (χ3v) is 4.48. The number of esters is 1. The van der Waals surface area contributed by atoms with Crippen molar-refractivity contribution in [2.75, 3.05) is 6.61 Å². The van der Waals surface area contributed by atoms with Crippen LogP contribution in [-0.4, -0.2) is 29.4 Å². The lowest BCUT2D eigenvalue weighted by molar-refractivity contribution is 0.0525. The Morgan fingerprint density at radius 3 is 2.48 bits per heavy atom. The second kappa shape index (κ2) is 7.93. The number of aromatic amines is 1. The summed E-state index contributed by atoms with van der Waals surface area (Å²) in [6, 6.07) is 4.78. The maximum Gasteiger partial charge on any atom is 0.340 e. The number of halogens is 2. The Kier molecular flexibility index (Phi) is 6.14. The molecule has 0 spiro atoms. The Hall–Kier alpha value is -1.98. The minimum absolute atomic E-state index is 0.267. The quantitative estimate of drug-likeness (QED) is 0.576. The number of hydrogen-bond acceptors (Lipinski definition) is 4. The molecule has 0 bridgehead atoms. The van der Waals surface area contributed by atoms with Crippen LogP contribution in [0.4, 0.5) is 0 Å². The third kappa shape index (κ3) is 4.17. The number of hydrogen-bond donors (Lipinski definition) is 1. The molecule has 5 nitrogen and oxygen atoms in total. The fourth-order valence-corrected chi connectivity index (χ4v) is 2.81. The second-order valence-electron chi connectivity index (χ2n) is 5.55. The zero-order valence-corrected chi connectivity index (χ0v) is 15.9. The fourth-order valence-electron chi connectivity index (χ4n) is 2.52. The molecule has 0 aliphatic heterocycles. The van der Waals surface area contributed by atoms with Gasteiger partial charge in [-0.15, -0.1) is 0 Å². The molecule has 0 aliphatic rings. The van der Waals surface area contributed by atoms with Crippen LogP contribution < -0.4 is 4.74 Å². The van der Waals surface area contributed by atoms with Crippen LogP contribution in [0.1, 0.15) is 46.0 Å². The van der Waals surface area contributed by atoms with Crippen molar-refractivity contribution in [1.82, 2.24) is 4.98 Å². The predicted molar refractivity (Wildman–Crippen MR) is 97.1 cm³/mol. The summed E-state index contributed by atoms with van der Waals surface area (Å²) in [5.41, 5.74) is 1.84. The van der Waals surface area contributed by atoms with Gasteiger partial charge in [-0.3, -0.25) is 4.79 Å². The maximum absolute atomic E-state index is 12.7. The van der Waals surface area contributed by atoms with Gasteiger partial charge in [0, 0.05) is 11.8 Å². The highest BCUT2D eigenvalue weighted by Gasteiger charge is 2.26. The molecule has 7 heteroatoms. The van der Waals surface area contributed by atoms with Gasteiger partial charge in [-0.1, -0.05) is 23.2 Å².